The maximum Gasteiger partial charge on any atom is 0.150 e. The van der Waals surface area contributed by atoms with E-state index in [-0.39, 0.29) is 0 Å². The van der Waals surface area contributed by atoms with E-state index >= 15 is 0 Å². The Morgan fingerprint density at radius 2 is 1.78 bits per heavy atom. The second kappa shape index (κ2) is 5.42. The average Bonchev–Trinajstić information content (AvgIpc) is 2.36. The van der Waals surface area contributed by atoms with Crippen LogP contribution in [0.1, 0.15) is 15.9 Å². The summed E-state index contributed by atoms with van der Waals surface area (Å²) in [5, 5.41) is 0.883. The second-order valence-electron chi connectivity index (χ2n) is 3.84. The highest BCUT2D eigenvalue weighted by Gasteiger charge is 2.07. The van der Waals surface area contributed by atoms with E-state index in [1.54, 1.807) is 24.3 Å². The number of hydrogen-bond acceptors (Lipinski definition) is 2. The van der Waals surface area contributed by atoms with E-state index in [2.05, 4.69) is 0 Å². The molecule has 0 saturated heterocycles. The molecule has 2 rings (SSSR count). The lowest BCUT2D eigenvalue weighted by atomic mass is 10.2. The van der Waals surface area contributed by atoms with Gasteiger partial charge in [-0.1, -0.05) is 29.3 Å². The highest BCUT2D eigenvalue weighted by Crippen LogP contribution is 2.34. The van der Waals surface area contributed by atoms with Gasteiger partial charge in [-0.25, -0.2) is 0 Å². The Kier molecular flexibility index (Phi) is 3.90. The van der Waals surface area contributed by atoms with Crippen LogP contribution in [0.5, 0.6) is 11.5 Å². The van der Waals surface area contributed by atoms with Crippen molar-refractivity contribution >= 4 is 29.5 Å². The summed E-state index contributed by atoms with van der Waals surface area (Å²) in [4.78, 5) is 10.6. The number of benzene rings is 2. The fourth-order valence-corrected chi connectivity index (χ4v) is 1.86. The van der Waals surface area contributed by atoms with Crippen molar-refractivity contribution < 1.29 is 9.53 Å². The highest BCUT2D eigenvalue weighted by atomic mass is 35.5. The number of carbonyl (C=O) groups excluding carboxylic acids is 1. The van der Waals surface area contributed by atoms with Crippen LogP contribution in [-0.4, -0.2) is 6.29 Å². The third-order valence-electron chi connectivity index (χ3n) is 2.40. The van der Waals surface area contributed by atoms with Crippen molar-refractivity contribution in [3.05, 3.63) is 57.6 Å². The van der Waals surface area contributed by atoms with E-state index in [4.69, 9.17) is 27.9 Å². The molecule has 0 aromatic heterocycles. The number of rotatable bonds is 3. The summed E-state index contributed by atoms with van der Waals surface area (Å²) in [5.74, 6) is 1.01. The molecule has 4 heteroatoms. The molecule has 0 heterocycles. The third-order valence-corrected chi connectivity index (χ3v) is 3.01. The summed E-state index contributed by atoms with van der Waals surface area (Å²) in [6.07, 6.45) is 0.731. The maximum atomic E-state index is 10.6. The third kappa shape index (κ3) is 2.84. The number of ether oxygens (including phenoxy) is 1. The van der Waals surface area contributed by atoms with Crippen molar-refractivity contribution in [3.8, 4) is 11.5 Å². The van der Waals surface area contributed by atoms with Crippen LogP contribution in [0.25, 0.3) is 0 Å². The van der Waals surface area contributed by atoms with Gasteiger partial charge in [0.2, 0.25) is 0 Å². The van der Waals surface area contributed by atoms with Gasteiger partial charge in [-0.3, -0.25) is 4.79 Å². The molecular formula is C14H10Cl2O2. The summed E-state index contributed by atoms with van der Waals surface area (Å²) in [6.45, 7) is 1.94. The molecule has 0 atom stereocenters. The van der Waals surface area contributed by atoms with Gasteiger partial charge in [0.25, 0.3) is 0 Å². The van der Waals surface area contributed by atoms with Gasteiger partial charge in [0.15, 0.2) is 0 Å². The first-order chi connectivity index (χ1) is 8.60. The zero-order valence-electron chi connectivity index (χ0n) is 9.61. The smallest absolute Gasteiger partial charge is 0.150 e. The Morgan fingerprint density at radius 1 is 1.00 bits per heavy atom. The first kappa shape index (κ1) is 12.9. The number of hydrogen-bond donors (Lipinski definition) is 0. The fraction of sp³-hybridized carbons (Fsp3) is 0.0714. The van der Waals surface area contributed by atoms with Crippen molar-refractivity contribution in [3.63, 3.8) is 0 Å². The maximum absolute atomic E-state index is 10.6. The molecule has 0 spiro atoms. The van der Waals surface area contributed by atoms with Gasteiger partial charge < -0.3 is 4.74 Å². The summed E-state index contributed by atoms with van der Waals surface area (Å²) in [7, 11) is 0. The Balaban J connectivity index is 2.34. The number of carbonyl (C=O) groups is 1. The minimum Gasteiger partial charge on any atom is -0.454 e. The minimum absolute atomic E-state index is 0.372. The zero-order valence-corrected chi connectivity index (χ0v) is 11.1. The molecular weight excluding hydrogens is 271 g/mol. The fourth-order valence-electron chi connectivity index (χ4n) is 1.48. The predicted octanol–water partition coefficient (Wildman–Crippen LogP) is 4.91. The number of halogens is 2. The second-order valence-corrected chi connectivity index (χ2v) is 4.66. The number of aryl methyl sites for hydroxylation is 1. The van der Waals surface area contributed by atoms with Crippen LogP contribution in [0, 0.1) is 6.92 Å². The Bertz CT molecular complexity index is 594. The lowest BCUT2D eigenvalue weighted by molar-refractivity contribution is 0.112. The lowest BCUT2D eigenvalue weighted by Gasteiger charge is -2.10. The van der Waals surface area contributed by atoms with Crippen molar-refractivity contribution in [1.82, 2.24) is 0 Å². The predicted molar refractivity (Wildman–Crippen MR) is 73.1 cm³/mol. The van der Waals surface area contributed by atoms with Crippen molar-refractivity contribution in [2.24, 2.45) is 0 Å². The molecule has 2 aromatic carbocycles. The van der Waals surface area contributed by atoms with Gasteiger partial charge >= 0.3 is 0 Å². The van der Waals surface area contributed by atoms with E-state index in [0.717, 1.165) is 11.8 Å². The molecule has 0 fully saturated rings. The Labute approximate surface area is 115 Å². The molecule has 2 nitrogen and oxygen atoms in total. The molecule has 0 unspecified atom stereocenters. The van der Waals surface area contributed by atoms with Crippen LogP contribution in [0.2, 0.25) is 10.0 Å². The minimum atomic E-state index is 0.372. The van der Waals surface area contributed by atoms with Gasteiger partial charge in [0, 0.05) is 5.56 Å². The van der Waals surface area contributed by atoms with E-state index < -0.39 is 0 Å². The quantitative estimate of drug-likeness (QED) is 0.747. The van der Waals surface area contributed by atoms with E-state index in [9.17, 15) is 4.79 Å². The van der Waals surface area contributed by atoms with Crippen LogP contribution in [0.3, 0.4) is 0 Å². The van der Waals surface area contributed by atoms with Crippen LogP contribution >= 0.6 is 23.2 Å². The molecule has 0 aliphatic rings. The molecule has 0 amide bonds. The van der Waals surface area contributed by atoms with Gasteiger partial charge in [0.1, 0.15) is 17.8 Å². The van der Waals surface area contributed by atoms with Gasteiger partial charge in [0.05, 0.1) is 10.0 Å². The van der Waals surface area contributed by atoms with Gasteiger partial charge in [-0.2, -0.15) is 0 Å². The summed E-state index contributed by atoms with van der Waals surface area (Å²) in [6, 6.07) is 10.3. The average molecular weight is 281 g/mol. The standard InChI is InChI=1S/C14H10Cl2O2/c1-9-2-4-11(15)14(6-9)18-13-5-3-10(8-17)7-12(13)16/h2-8H,1H3. The normalized spacial score (nSPS) is 10.2. The molecule has 0 bridgehead atoms. The van der Waals surface area contributed by atoms with E-state index in [1.807, 2.05) is 19.1 Å². The summed E-state index contributed by atoms with van der Waals surface area (Å²) < 4.78 is 5.64. The first-order valence-electron chi connectivity index (χ1n) is 5.29. The van der Waals surface area contributed by atoms with Crippen molar-refractivity contribution in [2.75, 3.05) is 0 Å². The lowest BCUT2D eigenvalue weighted by Crippen LogP contribution is -1.89. The van der Waals surface area contributed by atoms with E-state index in [0.29, 0.717) is 27.1 Å². The van der Waals surface area contributed by atoms with Gasteiger partial charge in [-0.05, 0) is 42.8 Å². The zero-order chi connectivity index (χ0) is 13.1. The van der Waals surface area contributed by atoms with Crippen molar-refractivity contribution in [1.29, 1.82) is 0 Å². The summed E-state index contributed by atoms with van der Waals surface area (Å²) in [5.41, 5.74) is 1.54. The molecule has 0 radical (unpaired) electrons. The Morgan fingerprint density at radius 3 is 2.44 bits per heavy atom. The van der Waals surface area contributed by atoms with Crippen LogP contribution < -0.4 is 4.74 Å². The molecule has 92 valence electrons. The number of aldehydes is 1. The molecule has 0 aliphatic carbocycles. The topological polar surface area (TPSA) is 26.3 Å². The Hall–Kier alpha value is -1.51. The van der Waals surface area contributed by atoms with Gasteiger partial charge in [-0.15, -0.1) is 0 Å². The molecule has 0 saturated carbocycles. The van der Waals surface area contributed by atoms with Crippen LogP contribution in [0.4, 0.5) is 0 Å². The highest BCUT2D eigenvalue weighted by molar-refractivity contribution is 6.33. The SMILES string of the molecule is Cc1ccc(Cl)c(Oc2ccc(C=O)cc2Cl)c1. The molecule has 0 N–H and O–H groups in total. The van der Waals surface area contributed by atoms with Crippen LogP contribution in [-0.2, 0) is 0 Å². The molecule has 2 aromatic rings. The van der Waals surface area contributed by atoms with Crippen molar-refractivity contribution in [2.45, 2.75) is 6.92 Å². The molecule has 18 heavy (non-hydrogen) atoms. The monoisotopic (exact) mass is 280 g/mol. The first-order valence-corrected chi connectivity index (χ1v) is 6.04. The largest absolute Gasteiger partial charge is 0.454 e. The summed E-state index contributed by atoms with van der Waals surface area (Å²) >= 11 is 12.1. The van der Waals surface area contributed by atoms with Crippen LogP contribution in [0.15, 0.2) is 36.4 Å². The van der Waals surface area contributed by atoms with E-state index in [1.165, 1.54) is 0 Å². The molecule has 0 aliphatic heterocycles.